The molecule has 0 bridgehead atoms. The van der Waals surface area contributed by atoms with Crippen LogP contribution in [0.4, 0.5) is 14.9 Å². The number of nitrogens with one attached hydrogen (secondary N) is 2. The largest absolute Gasteiger partial charge is 0.388 e. The summed E-state index contributed by atoms with van der Waals surface area (Å²) < 4.78 is 13.0. The van der Waals surface area contributed by atoms with Gasteiger partial charge in [-0.05, 0) is 43.9 Å². The van der Waals surface area contributed by atoms with Crippen molar-refractivity contribution >= 4 is 11.7 Å². The quantitative estimate of drug-likeness (QED) is 0.772. The van der Waals surface area contributed by atoms with Crippen LogP contribution in [0.5, 0.6) is 0 Å². The fraction of sp³-hybridized carbons (Fsp3) is 0.462. The zero-order valence-electron chi connectivity index (χ0n) is 10.3. The second-order valence-corrected chi connectivity index (χ2v) is 4.84. The molecule has 2 amide bonds. The minimum atomic E-state index is -0.756. The van der Waals surface area contributed by atoms with Gasteiger partial charge in [0.15, 0.2) is 0 Å². The monoisotopic (exact) mass is 252 g/mol. The average molecular weight is 252 g/mol. The number of hydrogen-bond donors (Lipinski definition) is 3. The number of amides is 2. The van der Waals surface area contributed by atoms with Crippen LogP contribution in [0.25, 0.3) is 0 Å². The first-order chi connectivity index (χ1) is 8.48. The number of carbonyl (C=O) groups excluding carboxylic acids is 1. The SMILES string of the molecule is Cc1ccc(F)cc1NC(=O)NCC1(O)CCC1. The molecule has 1 aliphatic carbocycles. The lowest BCUT2D eigenvalue weighted by Crippen LogP contribution is -2.48. The van der Waals surface area contributed by atoms with E-state index in [1.54, 1.807) is 13.0 Å². The predicted molar refractivity (Wildman–Crippen MR) is 67.0 cm³/mol. The third-order valence-corrected chi connectivity index (χ3v) is 3.31. The number of halogens is 1. The Morgan fingerprint density at radius 3 is 2.83 bits per heavy atom. The van der Waals surface area contributed by atoms with Crippen molar-refractivity contribution in [3.05, 3.63) is 29.6 Å². The summed E-state index contributed by atoms with van der Waals surface area (Å²) in [5.41, 5.74) is 0.468. The fourth-order valence-corrected chi connectivity index (χ4v) is 1.90. The summed E-state index contributed by atoms with van der Waals surface area (Å²) in [6.07, 6.45) is 2.42. The van der Waals surface area contributed by atoms with Gasteiger partial charge in [-0.2, -0.15) is 0 Å². The Bertz CT molecular complexity index is 458. The normalized spacial score (nSPS) is 16.8. The standard InChI is InChI=1S/C13H17FN2O2/c1-9-3-4-10(14)7-11(9)16-12(17)15-8-13(18)5-2-6-13/h3-4,7,18H,2,5-6,8H2,1H3,(H2,15,16,17). The Labute approximate surface area is 105 Å². The summed E-state index contributed by atoms with van der Waals surface area (Å²) in [4.78, 5) is 11.6. The molecule has 98 valence electrons. The van der Waals surface area contributed by atoms with Gasteiger partial charge in [0.25, 0.3) is 0 Å². The van der Waals surface area contributed by atoms with E-state index in [1.807, 2.05) is 0 Å². The summed E-state index contributed by atoms with van der Waals surface area (Å²) in [5.74, 6) is -0.395. The first-order valence-corrected chi connectivity index (χ1v) is 6.02. The summed E-state index contributed by atoms with van der Waals surface area (Å²) in [6, 6.07) is 3.79. The van der Waals surface area contributed by atoms with Gasteiger partial charge in [0, 0.05) is 12.2 Å². The Balaban J connectivity index is 1.88. The Kier molecular flexibility index (Phi) is 3.52. The Hall–Kier alpha value is -1.62. The highest BCUT2D eigenvalue weighted by Crippen LogP contribution is 2.30. The van der Waals surface area contributed by atoms with Crippen LogP contribution in [0.1, 0.15) is 24.8 Å². The van der Waals surface area contributed by atoms with E-state index >= 15 is 0 Å². The van der Waals surface area contributed by atoms with E-state index in [1.165, 1.54) is 12.1 Å². The summed E-state index contributed by atoms with van der Waals surface area (Å²) in [7, 11) is 0. The van der Waals surface area contributed by atoms with E-state index in [2.05, 4.69) is 10.6 Å². The van der Waals surface area contributed by atoms with Crippen molar-refractivity contribution in [1.29, 1.82) is 0 Å². The molecule has 18 heavy (non-hydrogen) atoms. The predicted octanol–water partition coefficient (Wildman–Crippen LogP) is 2.17. The van der Waals surface area contributed by atoms with Crippen molar-refractivity contribution in [2.45, 2.75) is 31.8 Å². The first kappa shape index (κ1) is 12.8. The number of aliphatic hydroxyl groups is 1. The molecule has 5 heteroatoms. The fourth-order valence-electron chi connectivity index (χ4n) is 1.90. The third kappa shape index (κ3) is 2.98. The van der Waals surface area contributed by atoms with Crippen LogP contribution in [0, 0.1) is 12.7 Å². The molecule has 4 nitrogen and oxygen atoms in total. The van der Waals surface area contributed by atoms with Gasteiger partial charge in [0.05, 0.1) is 5.60 Å². The van der Waals surface area contributed by atoms with Crippen molar-refractivity contribution in [3.8, 4) is 0 Å². The van der Waals surface area contributed by atoms with E-state index in [-0.39, 0.29) is 6.54 Å². The molecule has 0 unspecified atom stereocenters. The number of anilines is 1. The highest BCUT2D eigenvalue weighted by molar-refractivity contribution is 5.90. The van der Waals surface area contributed by atoms with Gasteiger partial charge < -0.3 is 15.7 Å². The van der Waals surface area contributed by atoms with Gasteiger partial charge in [0.1, 0.15) is 5.82 Å². The molecule has 1 fully saturated rings. The molecule has 0 saturated heterocycles. The van der Waals surface area contributed by atoms with E-state index in [0.29, 0.717) is 18.5 Å². The molecule has 1 aliphatic rings. The average Bonchev–Trinajstić information content (AvgIpc) is 2.29. The van der Waals surface area contributed by atoms with Crippen LogP contribution in [-0.2, 0) is 0 Å². The van der Waals surface area contributed by atoms with Gasteiger partial charge in [-0.15, -0.1) is 0 Å². The number of aryl methyl sites for hydroxylation is 1. The maximum atomic E-state index is 13.0. The van der Waals surface area contributed by atoms with E-state index in [4.69, 9.17) is 0 Å². The zero-order valence-corrected chi connectivity index (χ0v) is 10.3. The van der Waals surface area contributed by atoms with Gasteiger partial charge in [-0.3, -0.25) is 0 Å². The van der Waals surface area contributed by atoms with Gasteiger partial charge in [-0.25, -0.2) is 9.18 Å². The second-order valence-electron chi connectivity index (χ2n) is 4.84. The summed E-state index contributed by atoms with van der Waals surface area (Å²) in [6.45, 7) is 2.02. The van der Waals surface area contributed by atoms with E-state index < -0.39 is 17.4 Å². The van der Waals surface area contributed by atoms with Crippen LogP contribution in [0.3, 0.4) is 0 Å². The minimum absolute atomic E-state index is 0.229. The summed E-state index contributed by atoms with van der Waals surface area (Å²) in [5, 5.41) is 15.0. The number of urea groups is 1. The van der Waals surface area contributed by atoms with Crippen molar-refractivity contribution in [2.75, 3.05) is 11.9 Å². The molecular weight excluding hydrogens is 235 g/mol. The lowest BCUT2D eigenvalue weighted by Gasteiger charge is -2.36. The highest BCUT2D eigenvalue weighted by atomic mass is 19.1. The first-order valence-electron chi connectivity index (χ1n) is 6.02. The molecule has 0 heterocycles. The van der Waals surface area contributed by atoms with Crippen molar-refractivity contribution < 1.29 is 14.3 Å². The summed E-state index contributed by atoms with van der Waals surface area (Å²) >= 11 is 0. The number of rotatable bonds is 3. The number of hydrogen-bond acceptors (Lipinski definition) is 2. The third-order valence-electron chi connectivity index (χ3n) is 3.31. The van der Waals surface area contributed by atoms with Crippen LogP contribution < -0.4 is 10.6 Å². The van der Waals surface area contributed by atoms with Crippen molar-refractivity contribution in [1.82, 2.24) is 5.32 Å². The van der Waals surface area contributed by atoms with Crippen LogP contribution in [0.2, 0.25) is 0 Å². The van der Waals surface area contributed by atoms with Crippen molar-refractivity contribution in [3.63, 3.8) is 0 Å². The van der Waals surface area contributed by atoms with Crippen LogP contribution >= 0.6 is 0 Å². The Morgan fingerprint density at radius 2 is 2.22 bits per heavy atom. The lowest BCUT2D eigenvalue weighted by molar-refractivity contribution is -0.0287. The molecule has 1 aromatic carbocycles. The molecule has 0 aromatic heterocycles. The smallest absolute Gasteiger partial charge is 0.319 e. The second kappa shape index (κ2) is 4.94. The zero-order chi connectivity index (χ0) is 13.2. The molecule has 2 rings (SSSR count). The molecular formula is C13H17FN2O2. The van der Waals surface area contributed by atoms with Gasteiger partial charge in [-0.1, -0.05) is 6.07 Å². The van der Waals surface area contributed by atoms with Crippen molar-refractivity contribution in [2.24, 2.45) is 0 Å². The lowest BCUT2D eigenvalue weighted by atomic mass is 9.80. The topological polar surface area (TPSA) is 61.4 Å². The molecule has 0 atom stereocenters. The highest BCUT2D eigenvalue weighted by Gasteiger charge is 2.34. The maximum absolute atomic E-state index is 13.0. The van der Waals surface area contributed by atoms with E-state index in [0.717, 1.165) is 12.0 Å². The molecule has 1 saturated carbocycles. The molecule has 1 aromatic rings. The van der Waals surface area contributed by atoms with E-state index in [9.17, 15) is 14.3 Å². The molecule has 0 aliphatic heterocycles. The maximum Gasteiger partial charge on any atom is 0.319 e. The van der Waals surface area contributed by atoms with Gasteiger partial charge in [0.2, 0.25) is 0 Å². The van der Waals surface area contributed by atoms with Crippen LogP contribution in [-0.4, -0.2) is 23.3 Å². The number of benzene rings is 1. The molecule has 0 radical (unpaired) electrons. The molecule has 3 N–H and O–H groups in total. The Morgan fingerprint density at radius 1 is 1.50 bits per heavy atom. The minimum Gasteiger partial charge on any atom is -0.388 e. The molecule has 0 spiro atoms. The number of carbonyl (C=O) groups is 1. The van der Waals surface area contributed by atoms with Crippen LogP contribution in [0.15, 0.2) is 18.2 Å². The van der Waals surface area contributed by atoms with Gasteiger partial charge >= 0.3 is 6.03 Å².